The van der Waals surface area contributed by atoms with Crippen molar-refractivity contribution >= 4 is 11.4 Å². The van der Waals surface area contributed by atoms with Gasteiger partial charge in [-0.2, -0.15) is 0 Å². The second-order valence-electron chi connectivity index (χ2n) is 10.2. The van der Waals surface area contributed by atoms with Gasteiger partial charge in [0.05, 0.1) is 41.5 Å². The highest BCUT2D eigenvalue weighted by Crippen LogP contribution is 2.40. The molecule has 0 unspecified atom stereocenters. The number of benzene rings is 1. The van der Waals surface area contributed by atoms with E-state index in [4.69, 9.17) is 10.5 Å². The number of piperidine rings is 1. The van der Waals surface area contributed by atoms with Crippen molar-refractivity contribution in [3.63, 3.8) is 0 Å². The Hall–Kier alpha value is -3.51. The summed E-state index contributed by atoms with van der Waals surface area (Å²) in [5.74, 6) is -6.33. The minimum Gasteiger partial charge on any atom is -0.490 e. The summed E-state index contributed by atoms with van der Waals surface area (Å²) in [6.07, 6.45) is 0.717. The zero-order chi connectivity index (χ0) is 27.9. The molecule has 3 aromatic rings. The van der Waals surface area contributed by atoms with Crippen molar-refractivity contribution in [2.24, 2.45) is 11.7 Å². The van der Waals surface area contributed by atoms with Gasteiger partial charge in [-0.25, -0.2) is 26.9 Å². The van der Waals surface area contributed by atoms with Crippen molar-refractivity contribution < 1.29 is 31.8 Å². The summed E-state index contributed by atoms with van der Waals surface area (Å²) in [4.78, 5) is 10.3. The van der Waals surface area contributed by atoms with Crippen molar-refractivity contribution in [3.8, 4) is 17.0 Å². The highest BCUT2D eigenvalue weighted by atomic mass is 19.3. The molecule has 0 bridgehead atoms. The van der Waals surface area contributed by atoms with Gasteiger partial charge in [0.15, 0.2) is 0 Å². The van der Waals surface area contributed by atoms with Crippen molar-refractivity contribution in [1.82, 2.24) is 9.97 Å². The fourth-order valence-corrected chi connectivity index (χ4v) is 4.98. The van der Waals surface area contributed by atoms with Gasteiger partial charge in [-0.15, -0.1) is 0 Å². The van der Waals surface area contributed by atoms with E-state index in [1.807, 2.05) is 17.9 Å². The van der Waals surface area contributed by atoms with Gasteiger partial charge in [0.1, 0.15) is 35.0 Å². The highest BCUT2D eigenvalue weighted by molar-refractivity contribution is 5.69. The summed E-state index contributed by atoms with van der Waals surface area (Å²) in [7, 11) is 0. The van der Waals surface area contributed by atoms with Gasteiger partial charge in [-0.3, -0.25) is 4.98 Å². The van der Waals surface area contributed by atoms with Crippen molar-refractivity contribution in [3.05, 3.63) is 65.9 Å². The molecule has 7 nitrogen and oxygen atoms in total. The van der Waals surface area contributed by atoms with E-state index in [0.717, 1.165) is 23.9 Å². The van der Waals surface area contributed by atoms with Crippen LogP contribution >= 0.6 is 0 Å². The van der Waals surface area contributed by atoms with Crippen LogP contribution in [0.2, 0.25) is 0 Å². The molecular formula is C27H28F5N5O2. The largest absolute Gasteiger partial charge is 0.490 e. The predicted molar refractivity (Wildman–Crippen MR) is 135 cm³/mol. The Morgan fingerprint density at radius 1 is 1.10 bits per heavy atom. The molecule has 1 saturated heterocycles. The standard InChI is InChI=1S/C27H28F5N5O2/c1-14-12-37(13-21(33)26(14)38)23-4-5-34-11-22(23)35-10-15-2-3-18(28)25(36-15)24-19(29)6-16(7-20(24)30)39-17-8-27(31,32)9-17/h2-7,11,14,17,21,26,35,38H,8-10,12-13,33H2,1H3/t14-,21+,26+/m0/s1. The van der Waals surface area contributed by atoms with Gasteiger partial charge in [0, 0.05) is 56.2 Å². The maximum absolute atomic E-state index is 14.9. The lowest BCUT2D eigenvalue weighted by molar-refractivity contribution is -0.134. The molecule has 3 atom stereocenters. The van der Waals surface area contributed by atoms with E-state index in [1.165, 1.54) is 6.07 Å². The monoisotopic (exact) mass is 549 g/mol. The molecule has 1 aliphatic heterocycles. The fraction of sp³-hybridized carbons (Fsp3) is 0.407. The quantitative estimate of drug-likeness (QED) is 0.374. The second kappa shape index (κ2) is 10.6. The number of aromatic nitrogens is 2. The van der Waals surface area contributed by atoms with Crippen LogP contribution in [0.25, 0.3) is 11.3 Å². The van der Waals surface area contributed by atoms with E-state index in [9.17, 15) is 27.1 Å². The van der Waals surface area contributed by atoms with Gasteiger partial charge in [0.2, 0.25) is 0 Å². The van der Waals surface area contributed by atoms with Crippen LogP contribution in [0.15, 0.2) is 42.7 Å². The molecule has 4 N–H and O–H groups in total. The van der Waals surface area contributed by atoms with E-state index in [0.29, 0.717) is 24.5 Å². The lowest BCUT2D eigenvalue weighted by Gasteiger charge is -2.40. The molecule has 1 saturated carbocycles. The second-order valence-corrected chi connectivity index (χ2v) is 10.2. The van der Waals surface area contributed by atoms with Crippen molar-refractivity contribution in [2.75, 3.05) is 23.3 Å². The first-order valence-corrected chi connectivity index (χ1v) is 12.6. The summed E-state index contributed by atoms with van der Waals surface area (Å²) in [5, 5.41) is 13.4. The molecule has 0 spiro atoms. The lowest BCUT2D eigenvalue weighted by atomic mass is 9.91. The third-order valence-electron chi connectivity index (χ3n) is 7.07. The van der Waals surface area contributed by atoms with E-state index < -0.39 is 65.7 Å². The summed E-state index contributed by atoms with van der Waals surface area (Å²) < 4.78 is 75.8. The molecule has 3 heterocycles. The fourth-order valence-electron chi connectivity index (χ4n) is 4.98. The van der Waals surface area contributed by atoms with Crippen LogP contribution < -0.4 is 20.7 Å². The van der Waals surface area contributed by atoms with E-state index in [1.54, 1.807) is 12.4 Å². The third-order valence-corrected chi connectivity index (χ3v) is 7.07. The topological polar surface area (TPSA) is 96.5 Å². The Kier molecular flexibility index (Phi) is 7.34. The first kappa shape index (κ1) is 27.1. The Balaban J connectivity index is 1.33. The number of aliphatic hydroxyl groups excluding tert-OH is 1. The number of hydrogen-bond acceptors (Lipinski definition) is 7. The van der Waals surface area contributed by atoms with E-state index >= 15 is 0 Å². The molecule has 2 aromatic heterocycles. The summed E-state index contributed by atoms with van der Waals surface area (Å²) in [6, 6.07) is 5.51. The van der Waals surface area contributed by atoms with Gasteiger partial charge in [-0.1, -0.05) is 6.92 Å². The van der Waals surface area contributed by atoms with Crippen molar-refractivity contribution in [1.29, 1.82) is 0 Å². The van der Waals surface area contributed by atoms with Gasteiger partial charge < -0.3 is 25.8 Å². The molecule has 1 aromatic carbocycles. The number of halogens is 5. The molecule has 0 radical (unpaired) electrons. The van der Waals surface area contributed by atoms with Crippen LogP contribution in [0.1, 0.15) is 25.5 Å². The first-order chi connectivity index (χ1) is 18.5. The van der Waals surface area contributed by atoms with Crippen LogP contribution in [-0.2, 0) is 6.54 Å². The number of anilines is 2. The predicted octanol–water partition coefficient (Wildman–Crippen LogP) is 4.49. The number of hydrogen-bond donors (Lipinski definition) is 3. The third kappa shape index (κ3) is 5.76. The molecule has 0 amide bonds. The zero-order valence-corrected chi connectivity index (χ0v) is 21.1. The van der Waals surface area contributed by atoms with Gasteiger partial charge in [0.25, 0.3) is 5.92 Å². The normalized spacial score (nSPS) is 22.9. The van der Waals surface area contributed by atoms with Crippen LogP contribution in [0.5, 0.6) is 5.75 Å². The summed E-state index contributed by atoms with van der Waals surface area (Å²) in [6.45, 7) is 3.01. The molecule has 5 rings (SSSR count). The number of nitrogens with one attached hydrogen (secondary N) is 1. The smallest absolute Gasteiger partial charge is 0.255 e. The minimum absolute atomic E-state index is 0.0488. The Labute approximate surface area is 221 Å². The molecule has 1 aliphatic carbocycles. The maximum Gasteiger partial charge on any atom is 0.255 e. The van der Waals surface area contributed by atoms with Crippen LogP contribution in [0, 0.1) is 23.4 Å². The molecule has 39 heavy (non-hydrogen) atoms. The molecular weight excluding hydrogens is 521 g/mol. The Morgan fingerprint density at radius 2 is 1.82 bits per heavy atom. The average molecular weight is 550 g/mol. The molecule has 12 heteroatoms. The number of rotatable bonds is 7. The van der Waals surface area contributed by atoms with Crippen LogP contribution in [0.4, 0.5) is 33.3 Å². The zero-order valence-electron chi connectivity index (χ0n) is 21.1. The number of aliphatic hydroxyl groups is 1. The maximum atomic E-state index is 14.9. The number of nitrogens with two attached hydrogens (primary N) is 1. The number of nitrogens with zero attached hydrogens (tertiary/aromatic N) is 3. The summed E-state index contributed by atoms with van der Waals surface area (Å²) in [5.41, 5.74) is 6.64. The SMILES string of the molecule is C[C@H]1CN(c2ccncc2NCc2ccc(F)c(-c3c(F)cc(OC4CC(F)(F)C4)cc3F)n2)C[C@@H](N)[C@@H]1O. The van der Waals surface area contributed by atoms with Crippen LogP contribution in [-0.4, -0.2) is 52.3 Å². The lowest BCUT2D eigenvalue weighted by Crippen LogP contribution is -2.55. The van der Waals surface area contributed by atoms with Crippen LogP contribution in [0.3, 0.4) is 0 Å². The number of alkyl halides is 2. The molecule has 208 valence electrons. The highest BCUT2D eigenvalue weighted by Gasteiger charge is 2.47. The van der Waals surface area contributed by atoms with Gasteiger partial charge >= 0.3 is 0 Å². The summed E-state index contributed by atoms with van der Waals surface area (Å²) >= 11 is 0. The van der Waals surface area contributed by atoms with E-state index in [-0.39, 0.29) is 18.2 Å². The minimum atomic E-state index is -2.85. The average Bonchev–Trinajstić information content (AvgIpc) is 2.86. The molecule has 2 fully saturated rings. The van der Waals surface area contributed by atoms with Crippen molar-refractivity contribution in [2.45, 2.75) is 50.5 Å². The number of pyridine rings is 2. The first-order valence-electron chi connectivity index (χ1n) is 12.6. The van der Waals surface area contributed by atoms with Gasteiger partial charge in [-0.05, 0) is 18.2 Å². The Morgan fingerprint density at radius 3 is 2.49 bits per heavy atom. The van der Waals surface area contributed by atoms with E-state index in [2.05, 4.69) is 15.3 Å². The molecule has 2 aliphatic rings. The Bertz CT molecular complexity index is 1320. The number of ether oxygens (including phenoxy) is 1.